The summed E-state index contributed by atoms with van der Waals surface area (Å²) in [5, 5.41) is 0. The summed E-state index contributed by atoms with van der Waals surface area (Å²) in [4.78, 5) is 26.2. The van der Waals surface area contributed by atoms with Gasteiger partial charge in [-0.15, -0.1) is 0 Å². The van der Waals surface area contributed by atoms with Gasteiger partial charge in [-0.05, 0) is 18.6 Å². The van der Waals surface area contributed by atoms with Gasteiger partial charge in [0.2, 0.25) is 0 Å². The first-order valence-electron chi connectivity index (χ1n) is 6.87. The molecule has 1 unspecified atom stereocenters. The third-order valence-electron chi connectivity index (χ3n) is 3.76. The van der Waals surface area contributed by atoms with E-state index in [-0.39, 0.29) is 24.2 Å². The Morgan fingerprint density at radius 3 is 2.95 bits per heavy atom. The number of hydrogen-bond acceptors (Lipinski definition) is 4. The first kappa shape index (κ1) is 13.1. The summed E-state index contributed by atoms with van der Waals surface area (Å²) in [6.07, 6.45) is 0.758. The van der Waals surface area contributed by atoms with Gasteiger partial charge in [0.05, 0.1) is 25.3 Å². The summed E-state index contributed by atoms with van der Waals surface area (Å²) in [5.74, 6) is 0.472. The molecule has 3 rings (SSSR count). The Balaban J connectivity index is 1.74. The van der Waals surface area contributed by atoms with E-state index in [1.54, 1.807) is 23.1 Å². The van der Waals surface area contributed by atoms with Crippen molar-refractivity contribution in [1.29, 1.82) is 0 Å². The molecule has 0 bridgehead atoms. The first-order chi connectivity index (χ1) is 9.75. The third kappa shape index (κ3) is 2.54. The largest absolute Gasteiger partial charge is 0.491 e. The molecule has 106 valence electrons. The molecule has 0 N–H and O–H groups in total. The zero-order chi connectivity index (χ0) is 13.9. The fourth-order valence-corrected chi connectivity index (χ4v) is 2.56. The van der Waals surface area contributed by atoms with Gasteiger partial charge in [0.1, 0.15) is 12.4 Å². The van der Waals surface area contributed by atoms with E-state index in [4.69, 9.17) is 9.47 Å². The van der Waals surface area contributed by atoms with Gasteiger partial charge in [-0.1, -0.05) is 12.1 Å². The topological polar surface area (TPSA) is 55.8 Å². The highest BCUT2D eigenvalue weighted by Crippen LogP contribution is 2.23. The molecule has 1 fully saturated rings. The van der Waals surface area contributed by atoms with Gasteiger partial charge in [-0.2, -0.15) is 0 Å². The zero-order valence-corrected chi connectivity index (χ0v) is 11.2. The van der Waals surface area contributed by atoms with Crippen LogP contribution in [-0.2, 0) is 9.53 Å². The van der Waals surface area contributed by atoms with E-state index in [9.17, 15) is 9.59 Å². The molecule has 0 saturated carbocycles. The molecule has 0 radical (unpaired) electrons. The van der Waals surface area contributed by atoms with Crippen LogP contribution in [0, 0.1) is 5.92 Å². The van der Waals surface area contributed by atoms with Crippen molar-refractivity contribution in [2.45, 2.75) is 6.42 Å². The lowest BCUT2D eigenvalue weighted by atomic mass is 10.0. The number of carbonyl (C=O) groups excluding carboxylic acids is 2. The fourth-order valence-electron chi connectivity index (χ4n) is 2.56. The molecule has 2 aliphatic heterocycles. The Bertz CT molecular complexity index is 522. The molecule has 0 aromatic heterocycles. The summed E-state index contributed by atoms with van der Waals surface area (Å²) in [5.41, 5.74) is 0.528. The molecule has 5 nitrogen and oxygen atoms in total. The van der Waals surface area contributed by atoms with Crippen LogP contribution in [0.25, 0.3) is 0 Å². The van der Waals surface area contributed by atoms with Crippen molar-refractivity contribution < 1.29 is 19.1 Å². The number of carbonyl (C=O) groups is 2. The molecule has 5 heteroatoms. The maximum atomic E-state index is 12.4. The number of hydrogen-bond donors (Lipinski definition) is 0. The predicted molar refractivity (Wildman–Crippen MR) is 71.8 cm³/mol. The highest BCUT2D eigenvalue weighted by Gasteiger charge is 2.29. The van der Waals surface area contributed by atoms with E-state index in [0.29, 0.717) is 37.7 Å². The van der Waals surface area contributed by atoms with Crippen molar-refractivity contribution in [2.24, 2.45) is 5.92 Å². The molecule has 0 aliphatic carbocycles. The predicted octanol–water partition coefficient (Wildman–Crippen LogP) is 1.13. The van der Waals surface area contributed by atoms with Crippen molar-refractivity contribution in [1.82, 2.24) is 4.90 Å². The summed E-state index contributed by atoms with van der Waals surface area (Å²) in [6, 6.07) is 7.15. The quantitative estimate of drug-likeness (QED) is 0.829. The van der Waals surface area contributed by atoms with Crippen molar-refractivity contribution in [2.75, 3.05) is 32.9 Å². The van der Waals surface area contributed by atoms with Crippen LogP contribution in [0.3, 0.4) is 0 Å². The van der Waals surface area contributed by atoms with E-state index < -0.39 is 0 Å². The van der Waals surface area contributed by atoms with Crippen LogP contribution in [0.1, 0.15) is 16.8 Å². The third-order valence-corrected chi connectivity index (χ3v) is 3.76. The number of fused-ring (bicyclic) bond motifs is 1. The number of para-hydroxylation sites is 1. The molecule has 1 aromatic rings. The summed E-state index contributed by atoms with van der Waals surface area (Å²) in [7, 11) is 0. The molecular weight excluding hydrogens is 258 g/mol. The number of Topliss-reactive ketones (excluding diaryl/α,β-unsaturated/α-hetero) is 1. The Kier molecular flexibility index (Phi) is 3.69. The number of ketones is 1. The van der Waals surface area contributed by atoms with E-state index in [1.165, 1.54) is 0 Å². The second-order valence-electron chi connectivity index (χ2n) is 5.10. The van der Waals surface area contributed by atoms with Crippen LogP contribution in [0.5, 0.6) is 5.75 Å². The van der Waals surface area contributed by atoms with Gasteiger partial charge in [0.15, 0.2) is 5.78 Å². The summed E-state index contributed by atoms with van der Waals surface area (Å²) >= 11 is 0. The molecule has 0 spiro atoms. The second-order valence-corrected chi connectivity index (χ2v) is 5.10. The lowest BCUT2D eigenvalue weighted by Gasteiger charge is -2.20. The van der Waals surface area contributed by atoms with Gasteiger partial charge in [0, 0.05) is 12.5 Å². The number of nitrogens with zero attached hydrogens (tertiary/aromatic N) is 1. The van der Waals surface area contributed by atoms with Gasteiger partial charge in [0.25, 0.3) is 5.91 Å². The van der Waals surface area contributed by atoms with Crippen LogP contribution in [0.2, 0.25) is 0 Å². The van der Waals surface area contributed by atoms with E-state index in [2.05, 4.69) is 0 Å². The Morgan fingerprint density at radius 1 is 1.30 bits per heavy atom. The Morgan fingerprint density at radius 2 is 2.15 bits per heavy atom. The maximum absolute atomic E-state index is 12.4. The molecule has 1 aromatic carbocycles. The van der Waals surface area contributed by atoms with E-state index >= 15 is 0 Å². The number of benzene rings is 1. The molecule has 1 amide bonds. The van der Waals surface area contributed by atoms with E-state index in [0.717, 1.165) is 6.42 Å². The van der Waals surface area contributed by atoms with Gasteiger partial charge in [-0.25, -0.2) is 0 Å². The molecule has 1 atom stereocenters. The van der Waals surface area contributed by atoms with Crippen LogP contribution in [0.4, 0.5) is 0 Å². The van der Waals surface area contributed by atoms with Crippen LogP contribution in [-0.4, -0.2) is 49.5 Å². The Hall–Kier alpha value is -1.88. The fraction of sp³-hybridized carbons (Fsp3) is 0.467. The minimum Gasteiger partial charge on any atom is -0.491 e. The van der Waals surface area contributed by atoms with Crippen molar-refractivity contribution >= 4 is 11.7 Å². The number of ether oxygens (including phenoxy) is 2. The maximum Gasteiger partial charge on any atom is 0.258 e. The standard InChI is InChI=1S/C15H17NO4/c17-13(11-5-7-19-10-11)9-16-6-8-20-14-4-2-1-3-12(14)15(16)18/h1-4,11H,5-10H2. The van der Waals surface area contributed by atoms with Gasteiger partial charge < -0.3 is 14.4 Å². The highest BCUT2D eigenvalue weighted by molar-refractivity contribution is 5.99. The van der Waals surface area contributed by atoms with Crippen molar-refractivity contribution in [3.8, 4) is 5.75 Å². The summed E-state index contributed by atoms with van der Waals surface area (Å²) in [6.45, 7) is 2.11. The smallest absolute Gasteiger partial charge is 0.258 e. The molecule has 2 aliphatic rings. The van der Waals surface area contributed by atoms with Gasteiger partial charge >= 0.3 is 0 Å². The number of amides is 1. The monoisotopic (exact) mass is 275 g/mol. The normalized spacial score (nSPS) is 22.1. The molecule has 1 saturated heterocycles. The van der Waals surface area contributed by atoms with Crippen LogP contribution < -0.4 is 4.74 Å². The number of rotatable bonds is 3. The molecule has 2 heterocycles. The van der Waals surface area contributed by atoms with Crippen LogP contribution in [0.15, 0.2) is 24.3 Å². The second kappa shape index (κ2) is 5.63. The average molecular weight is 275 g/mol. The van der Waals surface area contributed by atoms with Gasteiger partial charge in [-0.3, -0.25) is 9.59 Å². The highest BCUT2D eigenvalue weighted by atomic mass is 16.5. The minimum absolute atomic E-state index is 0.0674. The lowest BCUT2D eigenvalue weighted by Crippen LogP contribution is -2.39. The van der Waals surface area contributed by atoms with Crippen molar-refractivity contribution in [3.05, 3.63) is 29.8 Å². The minimum atomic E-state index is -0.134. The zero-order valence-electron chi connectivity index (χ0n) is 11.2. The Labute approximate surface area is 117 Å². The average Bonchev–Trinajstić information content (AvgIpc) is 2.95. The lowest BCUT2D eigenvalue weighted by molar-refractivity contribution is -0.123. The first-order valence-corrected chi connectivity index (χ1v) is 6.87. The van der Waals surface area contributed by atoms with Crippen LogP contribution >= 0.6 is 0 Å². The van der Waals surface area contributed by atoms with E-state index in [1.807, 2.05) is 6.07 Å². The molecular formula is C15H17NO4. The SMILES string of the molecule is O=C(CN1CCOc2ccccc2C1=O)C1CCOC1. The van der Waals surface area contributed by atoms with Crippen molar-refractivity contribution in [3.63, 3.8) is 0 Å². The summed E-state index contributed by atoms with van der Waals surface area (Å²) < 4.78 is 10.8. The molecule has 20 heavy (non-hydrogen) atoms.